The maximum atomic E-state index is 5.69. The van der Waals surface area contributed by atoms with E-state index in [1.165, 1.54) is 25.7 Å². The lowest BCUT2D eigenvalue weighted by molar-refractivity contribution is 0.161. The molecule has 17 heavy (non-hydrogen) atoms. The van der Waals surface area contributed by atoms with Crippen LogP contribution in [0.15, 0.2) is 4.52 Å². The van der Waals surface area contributed by atoms with Crippen LogP contribution in [0.4, 0.5) is 0 Å². The molecule has 5 heteroatoms. The number of aromatic nitrogens is 2. The van der Waals surface area contributed by atoms with E-state index in [2.05, 4.69) is 15.0 Å². The molecule has 94 valence electrons. The summed E-state index contributed by atoms with van der Waals surface area (Å²) in [5.41, 5.74) is 5.69. The Hall–Kier alpha value is -0.940. The van der Waals surface area contributed by atoms with Crippen LogP contribution in [-0.2, 0) is 6.54 Å². The molecule has 1 aliphatic heterocycles. The Bertz CT molecular complexity index is 366. The summed E-state index contributed by atoms with van der Waals surface area (Å²) in [7, 11) is 0. The molecule has 0 bridgehead atoms. The number of rotatable bonds is 4. The van der Waals surface area contributed by atoms with Gasteiger partial charge in [-0.25, -0.2) is 0 Å². The van der Waals surface area contributed by atoms with Gasteiger partial charge in [-0.05, 0) is 51.2 Å². The topological polar surface area (TPSA) is 68.2 Å². The zero-order chi connectivity index (χ0) is 11.7. The highest BCUT2D eigenvalue weighted by Gasteiger charge is 2.29. The van der Waals surface area contributed by atoms with Crippen molar-refractivity contribution < 1.29 is 4.52 Å². The molecule has 2 heterocycles. The molecule has 0 atom stereocenters. The Balaban J connectivity index is 1.52. The molecule has 0 amide bonds. The second-order valence-electron chi connectivity index (χ2n) is 5.28. The Kier molecular flexibility index (Phi) is 3.11. The first kappa shape index (κ1) is 11.2. The fraction of sp³-hybridized carbons (Fsp3) is 0.833. The number of nitrogens with two attached hydrogens (primary N) is 1. The molecular formula is C12H20N4O. The molecule has 1 saturated heterocycles. The summed E-state index contributed by atoms with van der Waals surface area (Å²) in [6.45, 7) is 3.82. The standard InChI is InChI=1S/C12H20N4O/c13-7-9-3-5-16(6-4-9)8-11-14-12(15-17-11)10-1-2-10/h9-10H,1-8,13H2. The van der Waals surface area contributed by atoms with Gasteiger partial charge in [0, 0.05) is 5.92 Å². The summed E-state index contributed by atoms with van der Waals surface area (Å²) in [6, 6.07) is 0. The minimum absolute atomic E-state index is 0.579. The van der Waals surface area contributed by atoms with Gasteiger partial charge in [0.15, 0.2) is 5.82 Å². The predicted molar refractivity (Wildman–Crippen MR) is 63.3 cm³/mol. The molecule has 0 spiro atoms. The van der Waals surface area contributed by atoms with E-state index < -0.39 is 0 Å². The summed E-state index contributed by atoms with van der Waals surface area (Å²) < 4.78 is 5.29. The Morgan fingerprint density at radius 3 is 2.65 bits per heavy atom. The molecule has 2 N–H and O–H groups in total. The van der Waals surface area contributed by atoms with Crippen molar-refractivity contribution in [2.75, 3.05) is 19.6 Å². The molecule has 0 radical (unpaired) electrons. The van der Waals surface area contributed by atoms with E-state index in [1.807, 2.05) is 0 Å². The van der Waals surface area contributed by atoms with Crippen LogP contribution in [0.25, 0.3) is 0 Å². The molecule has 2 fully saturated rings. The lowest BCUT2D eigenvalue weighted by atomic mass is 9.97. The van der Waals surface area contributed by atoms with Crippen molar-refractivity contribution in [3.8, 4) is 0 Å². The third-order valence-electron chi connectivity index (χ3n) is 3.83. The summed E-state index contributed by atoms with van der Waals surface area (Å²) >= 11 is 0. The van der Waals surface area contributed by atoms with Crippen molar-refractivity contribution >= 4 is 0 Å². The Morgan fingerprint density at radius 2 is 2.00 bits per heavy atom. The van der Waals surface area contributed by atoms with Gasteiger partial charge in [0.05, 0.1) is 6.54 Å². The van der Waals surface area contributed by atoms with Crippen LogP contribution in [-0.4, -0.2) is 34.7 Å². The van der Waals surface area contributed by atoms with E-state index in [9.17, 15) is 0 Å². The van der Waals surface area contributed by atoms with Crippen LogP contribution in [0.3, 0.4) is 0 Å². The van der Waals surface area contributed by atoms with Crippen LogP contribution in [0.2, 0.25) is 0 Å². The molecular weight excluding hydrogens is 216 g/mol. The van der Waals surface area contributed by atoms with Crippen LogP contribution in [0.5, 0.6) is 0 Å². The summed E-state index contributed by atoms with van der Waals surface area (Å²) in [5, 5.41) is 4.04. The molecule has 1 aromatic rings. The van der Waals surface area contributed by atoms with Gasteiger partial charge >= 0.3 is 0 Å². The number of likely N-dealkylation sites (tertiary alicyclic amines) is 1. The fourth-order valence-corrected chi connectivity index (χ4v) is 2.41. The van der Waals surface area contributed by atoms with Crippen LogP contribution in [0.1, 0.15) is 43.3 Å². The van der Waals surface area contributed by atoms with Gasteiger partial charge < -0.3 is 10.3 Å². The fourth-order valence-electron chi connectivity index (χ4n) is 2.41. The van der Waals surface area contributed by atoms with Gasteiger partial charge in [-0.15, -0.1) is 0 Å². The largest absolute Gasteiger partial charge is 0.338 e. The van der Waals surface area contributed by atoms with E-state index in [0.29, 0.717) is 11.8 Å². The number of piperidine rings is 1. The molecule has 1 saturated carbocycles. The van der Waals surface area contributed by atoms with Gasteiger partial charge in [0.2, 0.25) is 5.89 Å². The average molecular weight is 236 g/mol. The quantitative estimate of drug-likeness (QED) is 0.848. The smallest absolute Gasteiger partial charge is 0.240 e. The molecule has 3 rings (SSSR count). The second kappa shape index (κ2) is 4.74. The van der Waals surface area contributed by atoms with E-state index in [0.717, 1.165) is 37.9 Å². The van der Waals surface area contributed by atoms with Crippen molar-refractivity contribution in [3.63, 3.8) is 0 Å². The first-order valence-corrected chi connectivity index (χ1v) is 6.60. The highest BCUT2D eigenvalue weighted by molar-refractivity contribution is 5.03. The van der Waals surface area contributed by atoms with Crippen molar-refractivity contribution in [2.45, 2.75) is 38.1 Å². The zero-order valence-electron chi connectivity index (χ0n) is 10.1. The van der Waals surface area contributed by atoms with Crippen LogP contribution in [0, 0.1) is 5.92 Å². The van der Waals surface area contributed by atoms with Gasteiger partial charge in [-0.3, -0.25) is 4.90 Å². The molecule has 1 aromatic heterocycles. The second-order valence-corrected chi connectivity index (χ2v) is 5.28. The highest BCUT2D eigenvalue weighted by Crippen LogP contribution is 2.38. The first-order chi connectivity index (χ1) is 8.35. The first-order valence-electron chi connectivity index (χ1n) is 6.60. The van der Waals surface area contributed by atoms with Gasteiger partial charge in [0.25, 0.3) is 0 Å². The van der Waals surface area contributed by atoms with Gasteiger partial charge in [-0.1, -0.05) is 5.16 Å². The number of hydrogen-bond acceptors (Lipinski definition) is 5. The molecule has 0 unspecified atom stereocenters. The zero-order valence-corrected chi connectivity index (χ0v) is 10.1. The lowest BCUT2D eigenvalue weighted by Crippen LogP contribution is -2.35. The molecule has 2 aliphatic rings. The van der Waals surface area contributed by atoms with Crippen molar-refractivity contribution in [2.24, 2.45) is 11.7 Å². The molecule has 0 aromatic carbocycles. The lowest BCUT2D eigenvalue weighted by Gasteiger charge is -2.30. The summed E-state index contributed by atoms with van der Waals surface area (Å²) in [4.78, 5) is 6.85. The summed E-state index contributed by atoms with van der Waals surface area (Å²) in [6.07, 6.45) is 4.84. The maximum Gasteiger partial charge on any atom is 0.240 e. The minimum Gasteiger partial charge on any atom is -0.338 e. The van der Waals surface area contributed by atoms with Gasteiger partial charge in [0.1, 0.15) is 0 Å². The molecule has 5 nitrogen and oxygen atoms in total. The Labute approximate surface area is 101 Å². The predicted octanol–water partition coefficient (Wildman–Crippen LogP) is 1.12. The normalized spacial score (nSPS) is 23.1. The monoisotopic (exact) mass is 236 g/mol. The SMILES string of the molecule is NCC1CCN(Cc2nc(C3CC3)no2)CC1. The Morgan fingerprint density at radius 1 is 1.24 bits per heavy atom. The molecule has 1 aliphatic carbocycles. The van der Waals surface area contributed by atoms with Crippen molar-refractivity contribution in [1.29, 1.82) is 0 Å². The third-order valence-corrected chi connectivity index (χ3v) is 3.83. The van der Waals surface area contributed by atoms with Gasteiger partial charge in [-0.2, -0.15) is 4.98 Å². The average Bonchev–Trinajstić information content (AvgIpc) is 3.12. The third kappa shape index (κ3) is 2.66. The maximum absolute atomic E-state index is 5.69. The van der Waals surface area contributed by atoms with Crippen molar-refractivity contribution in [3.05, 3.63) is 11.7 Å². The van der Waals surface area contributed by atoms with Crippen LogP contribution >= 0.6 is 0 Å². The highest BCUT2D eigenvalue weighted by atomic mass is 16.5. The van der Waals surface area contributed by atoms with E-state index in [4.69, 9.17) is 10.3 Å². The summed E-state index contributed by atoms with van der Waals surface area (Å²) in [5.74, 6) is 2.97. The van der Waals surface area contributed by atoms with Crippen molar-refractivity contribution in [1.82, 2.24) is 15.0 Å². The van der Waals surface area contributed by atoms with Crippen LogP contribution < -0.4 is 5.73 Å². The van der Waals surface area contributed by atoms with E-state index >= 15 is 0 Å². The van der Waals surface area contributed by atoms with E-state index in [-0.39, 0.29) is 0 Å². The number of hydrogen-bond donors (Lipinski definition) is 1. The minimum atomic E-state index is 0.579. The number of nitrogens with zero attached hydrogens (tertiary/aromatic N) is 3. The van der Waals surface area contributed by atoms with E-state index in [1.54, 1.807) is 0 Å².